The highest BCUT2D eigenvalue weighted by atomic mass is 32.2. The van der Waals surface area contributed by atoms with Gasteiger partial charge in [-0.15, -0.1) is 11.8 Å². The molecule has 1 saturated heterocycles. The maximum absolute atomic E-state index is 11.9. The monoisotopic (exact) mass is 306 g/mol. The van der Waals surface area contributed by atoms with Crippen molar-refractivity contribution in [2.75, 3.05) is 23.5 Å². The van der Waals surface area contributed by atoms with Gasteiger partial charge < -0.3 is 15.3 Å². The van der Waals surface area contributed by atoms with Gasteiger partial charge in [-0.1, -0.05) is 12.1 Å². The number of thioether (sulfide) groups is 1. The van der Waals surface area contributed by atoms with Crippen molar-refractivity contribution < 1.29 is 19.5 Å². The average Bonchev–Trinajstić information content (AvgIpc) is 2.82. The Morgan fingerprint density at radius 2 is 2.24 bits per heavy atom. The van der Waals surface area contributed by atoms with Crippen molar-refractivity contribution in [1.29, 1.82) is 0 Å². The maximum atomic E-state index is 11.9. The Labute approximate surface area is 125 Å². The normalized spacial score (nSPS) is 14.7. The number of hydrogen-bond acceptors (Lipinski definition) is 4. The van der Waals surface area contributed by atoms with Crippen molar-refractivity contribution in [3.8, 4) is 0 Å². The van der Waals surface area contributed by atoms with E-state index in [0.717, 1.165) is 6.08 Å². The zero-order valence-corrected chi connectivity index (χ0v) is 11.9. The standard InChI is InChI=1S/C14H14N2O4S/c17-12(7-16-9-21-8-13(16)18)15-11-3-1-2-10(6-11)4-5-14(19)20/h1-6H,7-9H2,(H,15,17)(H,19,20)/b5-4+. The van der Waals surface area contributed by atoms with E-state index in [1.54, 1.807) is 24.3 Å². The van der Waals surface area contributed by atoms with E-state index in [-0.39, 0.29) is 18.4 Å². The van der Waals surface area contributed by atoms with Crippen LogP contribution in [0.4, 0.5) is 5.69 Å². The fourth-order valence-corrected chi connectivity index (χ4v) is 2.71. The molecule has 1 fully saturated rings. The molecule has 1 aliphatic heterocycles. The second-order valence-electron chi connectivity index (χ2n) is 4.41. The van der Waals surface area contributed by atoms with Crippen LogP contribution in [0.15, 0.2) is 30.3 Å². The lowest BCUT2D eigenvalue weighted by Crippen LogP contribution is -2.34. The third-order valence-electron chi connectivity index (χ3n) is 2.75. The van der Waals surface area contributed by atoms with Gasteiger partial charge in [-0.3, -0.25) is 9.59 Å². The number of amides is 2. The summed E-state index contributed by atoms with van der Waals surface area (Å²) in [6.07, 6.45) is 2.47. The summed E-state index contributed by atoms with van der Waals surface area (Å²) in [6.45, 7) is 0.0288. The van der Waals surface area contributed by atoms with Gasteiger partial charge in [0.05, 0.1) is 11.6 Å². The van der Waals surface area contributed by atoms with Crippen LogP contribution >= 0.6 is 11.8 Å². The number of carboxylic acid groups (broad SMARTS) is 1. The number of benzene rings is 1. The third-order valence-corrected chi connectivity index (χ3v) is 3.69. The number of aliphatic carboxylic acids is 1. The first-order chi connectivity index (χ1) is 10.0. The minimum Gasteiger partial charge on any atom is -0.478 e. The topological polar surface area (TPSA) is 86.7 Å². The molecule has 1 heterocycles. The molecular weight excluding hydrogens is 292 g/mol. The molecule has 0 saturated carbocycles. The molecule has 21 heavy (non-hydrogen) atoms. The molecule has 2 N–H and O–H groups in total. The van der Waals surface area contributed by atoms with E-state index < -0.39 is 5.97 Å². The largest absolute Gasteiger partial charge is 0.478 e. The van der Waals surface area contributed by atoms with Crippen molar-refractivity contribution in [3.63, 3.8) is 0 Å². The van der Waals surface area contributed by atoms with Crippen molar-refractivity contribution in [2.45, 2.75) is 0 Å². The van der Waals surface area contributed by atoms with Crippen LogP contribution in [0.25, 0.3) is 6.08 Å². The van der Waals surface area contributed by atoms with Gasteiger partial charge in [-0.2, -0.15) is 0 Å². The van der Waals surface area contributed by atoms with Crippen molar-refractivity contribution in [3.05, 3.63) is 35.9 Å². The first-order valence-corrected chi connectivity index (χ1v) is 7.36. The number of rotatable bonds is 5. The van der Waals surface area contributed by atoms with Crippen LogP contribution in [-0.2, 0) is 14.4 Å². The summed E-state index contributed by atoms with van der Waals surface area (Å²) in [4.78, 5) is 35.2. The summed E-state index contributed by atoms with van der Waals surface area (Å²) in [5.74, 6) is -0.385. The number of carboxylic acids is 1. The number of hydrogen-bond donors (Lipinski definition) is 2. The lowest BCUT2D eigenvalue weighted by molar-refractivity contribution is -0.131. The minimum absolute atomic E-state index is 0.0288. The molecule has 0 aromatic heterocycles. The Kier molecular flexibility index (Phi) is 4.99. The smallest absolute Gasteiger partial charge is 0.328 e. The van der Waals surface area contributed by atoms with Gasteiger partial charge in [0, 0.05) is 11.8 Å². The predicted octanol–water partition coefficient (Wildman–Crippen LogP) is 1.26. The van der Waals surface area contributed by atoms with Crippen LogP contribution in [-0.4, -0.2) is 46.0 Å². The zero-order chi connectivity index (χ0) is 15.2. The fraction of sp³-hybridized carbons (Fsp3) is 0.214. The van der Waals surface area contributed by atoms with Crippen LogP contribution < -0.4 is 5.32 Å². The molecule has 1 aromatic carbocycles. The molecule has 2 rings (SSSR count). The van der Waals surface area contributed by atoms with Gasteiger partial charge in [-0.05, 0) is 23.8 Å². The number of carbonyl (C=O) groups excluding carboxylic acids is 2. The lowest BCUT2D eigenvalue weighted by atomic mass is 10.2. The molecule has 110 valence electrons. The average molecular weight is 306 g/mol. The van der Waals surface area contributed by atoms with Gasteiger partial charge in [0.25, 0.3) is 0 Å². The van der Waals surface area contributed by atoms with E-state index in [9.17, 15) is 14.4 Å². The highest BCUT2D eigenvalue weighted by Crippen LogP contribution is 2.15. The zero-order valence-electron chi connectivity index (χ0n) is 11.1. The van der Waals surface area contributed by atoms with Gasteiger partial charge in [-0.25, -0.2) is 4.79 Å². The first-order valence-electron chi connectivity index (χ1n) is 6.21. The summed E-state index contributed by atoms with van der Waals surface area (Å²) in [6, 6.07) is 6.82. The second kappa shape index (κ2) is 6.94. The highest BCUT2D eigenvalue weighted by molar-refractivity contribution is 8.00. The molecule has 6 nitrogen and oxygen atoms in total. The molecule has 0 unspecified atom stereocenters. The van der Waals surface area contributed by atoms with Crippen molar-refractivity contribution in [2.24, 2.45) is 0 Å². The van der Waals surface area contributed by atoms with E-state index in [1.165, 1.54) is 22.7 Å². The summed E-state index contributed by atoms with van der Waals surface area (Å²) in [5, 5.41) is 11.3. The molecule has 7 heteroatoms. The number of nitrogens with one attached hydrogen (secondary N) is 1. The lowest BCUT2D eigenvalue weighted by Gasteiger charge is -2.14. The molecule has 1 aliphatic rings. The van der Waals surface area contributed by atoms with E-state index >= 15 is 0 Å². The maximum Gasteiger partial charge on any atom is 0.328 e. The number of nitrogens with zero attached hydrogens (tertiary/aromatic N) is 1. The van der Waals surface area contributed by atoms with Crippen LogP contribution in [0, 0.1) is 0 Å². The Morgan fingerprint density at radius 1 is 1.43 bits per heavy atom. The van der Waals surface area contributed by atoms with Crippen LogP contribution in [0.3, 0.4) is 0 Å². The van der Waals surface area contributed by atoms with Gasteiger partial charge in [0.15, 0.2) is 0 Å². The number of anilines is 1. The van der Waals surface area contributed by atoms with Crippen LogP contribution in [0.2, 0.25) is 0 Å². The SMILES string of the molecule is O=C(O)/C=C/c1cccc(NC(=O)CN2CSCC2=O)c1. The summed E-state index contributed by atoms with van der Waals surface area (Å²) in [5.41, 5.74) is 1.23. The van der Waals surface area contributed by atoms with E-state index in [4.69, 9.17) is 5.11 Å². The summed E-state index contributed by atoms with van der Waals surface area (Å²) >= 11 is 1.48. The highest BCUT2D eigenvalue weighted by Gasteiger charge is 2.22. The van der Waals surface area contributed by atoms with Gasteiger partial charge in [0.2, 0.25) is 11.8 Å². The Balaban J connectivity index is 1.95. The Bertz CT molecular complexity index is 600. The summed E-state index contributed by atoms with van der Waals surface area (Å²) in [7, 11) is 0. The Hall–Kier alpha value is -2.28. The quantitative estimate of drug-likeness (QED) is 0.800. The summed E-state index contributed by atoms with van der Waals surface area (Å²) < 4.78 is 0. The predicted molar refractivity (Wildman–Crippen MR) is 80.8 cm³/mol. The van der Waals surface area contributed by atoms with Crippen molar-refractivity contribution in [1.82, 2.24) is 4.90 Å². The van der Waals surface area contributed by atoms with Crippen molar-refractivity contribution >= 4 is 41.3 Å². The molecule has 0 spiro atoms. The van der Waals surface area contributed by atoms with Crippen LogP contribution in [0.1, 0.15) is 5.56 Å². The molecule has 2 amide bonds. The molecular formula is C14H14N2O4S. The van der Waals surface area contributed by atoms with E-state index in [2.05, 4.69) is 5.32 Å². The second-order valence-corrected chi connectivity index (χ2v) is 5.37. The molecule has 0 atom stereocenters. The van der Waals surface area contributed by atoms with Gasteiger partial charge >= 0.3 is 5.97 Å². The van der Waals surface area contributed by atoms with E-state index in [0.29, 0.717) is 22.9 Å². The molecule has 0 radical (unpaired) electrons. The molecule has 0 aliphatic carbocycles. The van der Waals surface area contributed by atoms with Gasteiger partial charge in [0.1, 0.15) is 6.54 Å². The van der Waals surface area contributed by atoms with Crippen LogP contribution in [0.5, 0.6) is 0 Å². The first kappa shape index (κ1) is 15.1. The van der Waals surface area contributed by atoms with E-state index in [1.807, 2.05) is 0 Å². The third kappa shape index (κ3) is 4.64. The molecule has 0 bridgehead atoms. The molecule has 1 aromatic rings. The minimum atomic E-state index is -1.03. The Morgan fingerprint density at radius 3 is 2.90 bits per heavy atom. The fourth-order valence-electron chi connectivity index (χ4n) is 1.80. The number of carbonyl (C=O) groups is 3.